The summed E-state index contributed by atoms with van der Waals surface area (Å²) in [7, 11) is -2.43. The number of carbonyl (C=O) groups excluding carboxylic acids is 1. The van der Waals surface area contributed by atoms with Gasteiger partial charge in [0, 0.05) is 18.8 Å². The van der Waals surface area contributed by atoms with Crippen LogP contribution in [0.5, 0.6) is 5.75 Å². The molecule has 9 heteroatoms. The highest BCUT2D eigenvalue weighted by atomic mass is 32.2. The second-order valence-corrected chi connectivity index (χ2v) is 8.10. The van der Waals surface area contributed by atoms with Gasteiger partial charge in [0.2, 0.25) is 15.9 Å². The molecule has 0 spiro atoms. The first kappa shape index (κ1) is 20.2. The molecule has 0 atom stereocenters. The van der Waals surface area contributed by atoms with E-state index in [1.807, 2.05) is 0 Å². The minimum atomic E-state index is -3.81. The van der Waals surface area contributed by atoms with E-state index >= 15 is 0 Å². The van der Waals surface area contributed by atoms with E-state index in [-0.39, 0.29) is 41.4 Å². The fourth-order valence-electron chi connectivity index (χ4n) is 2.90. The number of rotatable bonds is 6. The van der Waals surface area contributed by atoms with Crippen molar-refractivity contribution in [1.29, 1.82) is 0 Å². The Morgan fingerprint density at radius 1 is 1.21 bits per heavy atom. The lowest BCUT2D eigenvalue weighted by molar-refractivity contribution is -0.115. The highest BCUT2D eigenvalue weighted by Crippen LogP contribution is 2.30. The average Bonchev–Trinajstić information content (AvgIpc) is 2.70. The Bertz CT molecular complexity index is 959. The number of benzene rings is 2. The highest BCUT2D eigenvalue weighted by Gasteiger charge is 2.29. The molecule has 0 bridgehead atoms. The molecule has 150 valence electrons. The Hall–Kier alpha value is -2.49. The average molecular weight is 408 g/mol. The molecule has 1 saturated heterocycles. The molecule has 0 unspecified atom stereocenters. The fraction of sp³-hybridized carbons (Fsp3) is 0.316. The first-order chi connectivity index (χ1) is 13.4. The molecule has 1 aliphatic rings. The van der Waals surface area contributed by atoms with Gasteiger partial charge >= 0.3 is 0 Å². The number of sulfonamides is 1. The minimum Gasteiger partial charge on any atom is -0.495 e. The minimum absolute atomic E-state index is 0.0411. The van der Waals surface area contributed by atoms with Gasteiger partial charge in [-0.3, -0.25) is 4.79 Å². The summed E-state index contributed by atoms with van der Waals surface area (Å²) < 4.78 is 51.4. The van der Waals surface area contributed by atoms with E-state index < -0.39 is 21.7 Å². The molecule has 2 aromatic carbocycles. The smallest absolute Gasteiger partial charge is 0.246 e. The van der Waals surface area contributed by atoms with E-state index in [2.05, 4.69) is 5.32 Å². The van der Waals surface area contributed by atoms with Crippen molar-refractivity contribution in [2.75, 3.05) is 38.7 Å². The maximum absolute atomic E-state index is 13.7. The van der Waals surface area contributed by atoms with Gasteiger partial charge in [0.25, 0.3) is 0 Å². The van der Waals surface area contributed by atoms with Crippen LogP contribution in [0.3, 0.4) is 0 Å². The van der Waals surface area contributed by atoms with E-state index in [0.717, 1.165) is 0 Å². The van der Waals surface area contributed by atoms with Crippen molar-refractivity contribution >= 4 is 21.6 Å². The standard InChI is InChI=1S/C19H21FN2O5S/c1-26-17-7-6-15(21-19(23)12-14-4-2-3-5-16(14)20)13-18(17)28(24,25)22-8-10-27-11-9-22/h2-7,13H,8-12H2,1H3,(H,21,23). The molecule has 0 saturated carbocycles. The van der Waals surface area contributed by atoms with Gasteiger partial charge in [-0.15, -0.1) is 0 Å². The summed E-state index contributed by atoms with van der Waals surface area (Å²) in [6, 6.07) is 10.4. The first-order valence-electron chi connectivity index (χ1n) is 8.71. The Morgan fingerprint density at radius 3 is 2.61 bits per heavy atom. The number of hydrogen-bond donors (Lipinski definition) is 1. The van der Waals surface area contributed by atoms with Crippen LogP contribution in [0.15, 0.2) is 47.4 Å². The molecule has 1 aliphatic heterocycles. The Morgan fingerprint density at radius 2 is 1.93 bits per heavy atom. The second kappa shape index (κ2) is 8.68. The molecule has 1 N–H and O–H groups in total. The van der Waals surface area contributed by atoms with Crippen molar-refractivity contribution < 1.29 is 27.1 Å². The summed E-state index contributed by atoms with van der Waals surface area (Å²) in [6.07, 6.45) is -0.162. The topological polar surface area (TPSA) is 84.9 Å². The number of methoxy groups -OCH3 is 1. The lowest BCUT2D eigenvalue weighted by Gasteiger charge is -2.26. The monoisotopic (exact) mass is 408 g/mol. The Balaban J connectivity index is 1.82. The molecule has 28 heavy (non-hydrogen) atoms. The first-order valence-corrected chi connectivity index (χ1v) is 10.1. The van der Waals surface area contributed by atoms with Crippen LogP contribution in [0, 0.1) is 5.82 Å². The van der Waals surface area contributed by atoms with Crippen LogP contribution in [0.25, 0.3) is 0 Å². The molecule has 0 radical (unpaired) electrons. The number of amides is 1. The summed E-state index contributed by atoms with van der Waals surface area (Å²) >= 11 is 0. The number of ether oxygens (including phenoxy) is 2. The van der Waals surface area contributed by atoms with Crippen molar-refractivity contribution in [2.24, 2.45) is 0 Å². The zero-order chi connectivity index (χ0) is 20.1. The zero-order valence-corrected chi connectivity index (χ0v) is 16.2. The third-order valence-electron chi connectivity index (χ3n) is 4.34. The number of nitrogens with zero attached hydrogens (tertiary/aromatic N) is 1. The molecule has 2 aromatic rings. The van der Waals surface area contributed by atoms with Crippen molar-refractivity contribution in [2.45, 2.75) is 11.3 Å². The van der Waals surface area contributed by atoms with Crippen LogP contribution >= 0.6 is 0 Å². The summed E-state index contributed by atoms with van der Waals surface area (Å²) in [4.78, 5) is 12.2. The van der Waals surface area contributed by atoms with E-state index in [1.54, 1.807) is 12.1 Å². The van der Waals surface area contributed by atoms with E-state index in [9.17, 15) is 17.6 Å². The van der Waals surface area contributed by atoms with E-state index in [1.165, 1.54) is 41.7 Å². The van der Waals surface area contributed by atoms with Gasteiger partial charge in [-0.1, -0.05) is 18.2 Å². The van der Waals surface area contributed by atoms with Crippen LogP contribution in [0.4, 0.5) is 10.1 Å². The third-order valence-corrected chi connectivity index (χ3v) is 6.26. The van der Waals surface area contributed by atoms with Crippen LogP contribution in [-0.2, 0) is 26.0 Å². The predicted octanol–water partition coefficient (Wildman–Crippen LogP) is 2.04. The third kappa shape index (κ3) is 4.49. The second-order valence-electron chi connectivity index (χ2n) is 6.20. The number of nitrogens with one attached hydrogen (secondary N) is 1. The number of anilines is 1. The summed E-state index contributed by atoms with van der Waals surface area (Å²) in [5, 5.41) is 2.62. The SMILES string of the molecule is COc1ccc(NC(=O)Cc2ccccc2F)cc1S(=O)(=O)N1CCOCC1. The number of halogens is 1. The van der Waals surface area contributed by atoms with Gasteiger partial charge < -0.3 is 14.8 Å². The molecule has 3 rings (SSSR count). The van der Waals surface area contributed by atoms with Gasteiger partial charge in [-0.05, 0) is 29.8 Å². The fourth-order valence-corrected chi connectivity index (χ4v) is 4.49. The molecular formula is C19H21FN2O5S. The predicted molar refractivity (Wildman–Crippen MR) is 101 cm³/mol. The molecule has 1 heterocycles. The summed E-state index contributed by atoms with van der Waals surface area (Å²) in [5.41, 5.74) is 0.545. The summed E-state index contributed by atoms with van der Waals surface area (Å²) in [6.45, 7) is 1.13. The number of morpholine rings is 1. The molecule has 0 aromatic heterocycles. The van der Waals surface area contributed by atoms with E-state index in [0.29, 0.717) is 13.2 Å². The van der Waals surface area contributed by atoms with E-state index in [4.69, 9.17) is 9.47 Å². The Kier molecular flexibility index (Phi) is 6.28. The maximum Gasteiger partial charge on any atom is 0.246 e. The Labute approximate surface area is 163 Å². The highest BCUT2D eigenvalue weighted by molar-refractivity contribution is 7.89. The van der Waals surface area contributed by atoms with Gasteiger partial charge in [0.15, 0.2) is 0 Å². The van der Waals surface area contributed by atoms with Crippen LogP contribution < -0.4 is 10.1 Å². The van der Waals surface area contributed by atoms with Crippen molar-refractivity contribution in [3.05, 3.63) is 53.8 Å². The zero-order valence-electron chi connectivity index (χ0n) is 15.4. The normalized spacial score (nSPS) is 15.2. The van der Waals surface area contributed by atoms with Crippen molar-refractivity contribution in [3.8, 4) is 5.75 Å². The number of carbonyl (C=O) groups is 1. The molecule has 7 nitrogen and oxygen atoms in total. The van der Waals surface area contributed by atoms with Crippen molar-refractivity contribution in [1.82, 2.24) is 4.31 Å². The summed E-state index contributed by atoms with van der Waals surface area (Å²) in [5.74, 6) is -0.744. The van der Waals surface area contributed by atoms with Gasteiger partial charge in [-0.2, -0.15) is 4.31 Å². The molecule has 1 fully saturated rings. The molecular weight excluding hydrogens is 387 g/mol. The van der Waals surface area contributed by atoms with Gasteiger partial charge in [0.05, 0.1) is 26.7 Å². The largest absolute Gasteiger partial charge is 0.495 e. The van der Waals surface area contributed by atoms with Crippen LogP contribution in [0.1, 0.15) is 5.56 Å². The van der Waals surface area contributed by atoms with Crippen molar-refractivity contribution in [3.63, 3.8) is 0 Å². The van der Waals surface area contributed by atoms with Gasteiger partial charge in [0.1, 0.15) is 16.5 Å². The van der Waals surface area contributed by atoms with Gasteiger partial charge in [-0.25, -0.2) is 12.8 Å². The maximum atomic E-state index is 13.7. The lowest BCUT2D eigenvalue weighted by atomic mass is 10.1. The lowest BCUT2D eigenvalue weighted by Crippen LogP contribution is -2.40. The quantitative estimate of drug-likeness (QED) is 0.791. The molecule has 1 amide bonds. The number of hydrogen-bond acceptors (Lipinski definition) is 5. The molecule has 0 aliphatic carbocycles. The van der Waals surface area contributed by atoms with Crippen LogP contribution in [0.2, 0.25) is 0 Å². The van der Waals surface area contributed by atoms with Crippen LogP contribution in [-0.4, -0.2) is 52.0 Å².